The molecule has 0 aromatic carbocycles. The lowest BCUT2D eigenvalue weighted by Crippen LogP contribution is -2.41. The van der Waals surface area contributed by atoms with Crippen LogP contribution < -0.4 is 11.1 Å². The molecule has 0 atom stereocenters. The first kappa shape index (κ1) is 18.6. The predicted octanol–water partition coefficient (Wildman–Crippen LogP) is 2.63. The standard InChI is InChI=1S/C12H14N4OS.2ClH/c1-12(2,11-14-6-7-18-11)16-10(17)8-4-3-5-9(13)15-8;;/h3-7H,1-2H3,(H2,13,15)(H,16,17);2*1H. The zero-order valence-electron chi connectivity index (χ0n) is 11.0. The number of carbonyl (C=O) groups excluding carboxylic acids is 1. The molecule has 0 saturated heterocycles. The molecule has 8 heteroatoms. The number of nitrogens with one attached hydrogen (secondary N) is 1. The number of aromatic nitrogens is 2. The summed E-state index contributed by atoms with van der Waals surface area (Å²) < 4.78 is 0. The molecule has 0 radical (unpaired) electrons. The molecule has 0 fully saturated rings. The van der Waals surface area contributed by atoms with Crippen molar-refractivity contribution < 1.29 is 4.79 Å². The third kappa shape index (κ3) is 4.33. The molecule has 3 N–H and O–H groups in total. The van der Waals surface area contributed by atoms with Gasteiger partial charge in [0, 0.05) is 11.6 Å². The van der Waals surface area contributed by atoms with Crippen LogP contribution in [0, 0.1) is 0 Å². The number of thiazole rings is 1. The minimum absolute atomic E-state index is 0. The monoisotopic (exact) mass is 334 g/mol. The molecule has 0 spiro atoms. The largest absolute Gasteiger partial charge is 0.384 e. The lowest BCUT2D eigenvalue weighted by Gasteiger charge is -2.23. The van der Waals surface area contributed by atoms with Crippen LogP contribution >= 0.6 is 36.2 Å². The van der Waals surface area contributed by atoms with Crippen molar-refractivity contribution in [3.63, 3.8) is 0 Å². The highest BCUT2D eigenvalue weighted by Crippen LogP contribution is 2.22. The van der Waals surface area contributed by atoms with Gasteiger partial charge < -0.3 is 11.1 Å². The number of carbonyl (C=O) groups is 1. The molecule has 2 rings (SSSR count). The predicted molar refractivity (Wildman–Crippen MR) is 85.8 cm³/mol. The van der Waals surface area contributed by atoms with Crippen molar-refractivity contribution in [1.29, 1.82) is 0 Å². The van der Waals surface area contributed by atoms with E-state index in [9.17, 15) is 4.79 Å². The van der Waals surface area contributed by atoms with Gasteiger partial charge in [-0.3, -0.25) is 4.79 Å². The number of halogens is 2. The van der Waals surface area contributed by atoms with Crippen molar-refractivity contribution in [2.75, 3.05) is 5.73 Å². The molecule has 20 heavy (non-hydrogen) atoms. The van der Waals surface area contributed by atoms with Crippen molar-refractivity contribution in [2.24, 2.45) is 0 Å². The maximum atomic E-state index is 12.1. The van der Waals surface area contributed by atoms with Crippen LogP contribution in [-0.2, 0) is 5.54 Å². The van der Waals surface area contributed by atoms with Crippen LogP contribution in [0.1, 0.15) is 29.3 Å². The Bertz CT molecular complexity index is 560. The maximum absolute atomic E-state index is 12.1. The molecule has 0 saturated carbocycles. The number of nitrogen functional groups attached to an aromatic ring is 1. The van der Waals surface area contributed by atoms with E-state index in [1.807, 2.05) is 19.2 Å². The van der Waals surface area contributed by atoms with Crippen LogP contribution in [0.4, 0.5) is 5.82 Å². The summed E-state index contributed by atoms with van der Waals surface area (Å²) in [6.07, 6.45) is 1.71. The Labute approximate surface area is 133 Å². The minimum atomic E-state index is -0.530. The molecular weight excluding hydrogens is 319 g/mol. The van der Waals surface area contributed by atoms with Gasteiger partial charge in [-0.2, -0.15) is 0 Å². The second-order valence-electron chi connectivity index (χ2n) is 4.36. The van der Waals surface area contributed by atoms with Crippen LogP contribution in [0.15, 0.2) is 29.8 Å². The zero-order chi connectivity index (χ0) is 13.2. The van der Waals surface area contributed by atoms with E-state index >= 15 is 0 Å². The van der Waals surface area contributed by atoms with E-state index in [2.05, 4.69) is 15.3 Å². The van der Waals surface area contributed by atoms with Gasteiger partial charge >= 0.3 is 0 Å². The Morgan fingerprint density at radius 3 is 2.60 bits per heavy atom. The van der Waals surface area contributed by atoms with Crippen molar-refractivity contribution >= 4 is 47.9 Å². The molecule has 5 nitrogen and oxygen atoms in total. The van der Waals surface area contributed by atoms with E-state index in [1.165, 1.54) is 11.3 Å². The van der Waals surface area contributed by atoms with Crippen molar-refractivity contribution in [2.45, 2.75) is 19.4 Å². The van der Waals surface area contributed by atoms with Gasteiger partial charge in [-0.05, 0) is 26.0 Å². The van der Waals surface area contributed by atoms with Gasteiger partial charge in [-0.1, -0.05) is 6.07 Å². The Kier molecular flexibility index (Phi) is 6.91. The van der Waals surface area contributed by atoms with Gasteiger partial charge in [0.25, 0.3) is 5.91 Å². The van der Waals surface area contributed by atoms with Crippen LogP contribution in [0.3, 0.4) is 0 Å². The third-order valence-electron chi connectivity index (χ3n) is 2.40. The summed E-state index contributed by atoms with van der Waals surface area (Å²) in [6, 6.07) is 4.97. The van der Waals surface area contributed by atoms with Gasteiger partial charge in [0.2, 0.25) is 0 Å². The molecule has 110 valence electrons. The fourth-order valence-electron chi connectivity index (χ4n) is 1.51. The van der Waals surface area contributed by atoms with E-state index in [1.54, 1.807) is 24.4 Å². The Balaban J connectivity index is 0.00000180. The average molecular weight is 335 g/mol. The molecule has 2 aromatic heterocycles. The number of pyridine rings is 1. The van der Waals surface area contributed by atoms with Gasteiger partial charge in [0.15, 0.2) is 0 Å². The number of rotatable bonds is 3. The van der Waals surface area contributed by atoms with E-state index in [-0.39, 0.29) is 30.7 Å². The minimum Gasteiger partial charge on any atom is -0.384 e. The zero-order valence-corrected chi connectivity index (χ0v) is 13.4. The summed E-state index contributed by atoms with van der Waals surface area (Å²) in [5.74, 6) is 0.0669. The fraction of sp³-hybridized carbons (Fsp3) is 0.250. The molecule has 2 aromatic rings. The van der Waals surface area contributed by atoms with E-state index < -0.39 is 5.54 Å². The van der Waals surface area contributed by atoms with Crippen molar-refractivity contribution in [1.82, 2.24) is 15.3 Å². The first-order valence-electron chi connectivity index (χ1n) is 5.44. The molecule has 0 bridgehead atoms. The lowest BCUT2D eigenvalue weighted by molar-refractivity contribution is 0.0907. The number of hydrogen-bond donors (Lipinski definition) is 2. The summed E-state index contributed by atoms with van der Waals surface area (Å²) in [5, 5.41) is 5.62. The quantitative estimate of drug-likeness (QED) is 0.903. The van der Waals surface area contributed by atoms with Crippen LogP contribution in [0.25, 0.3) is 0 Å². The molecule has 0 unspecified atom stereocenters. The highest BCUT2D eigenvalue weighted by atomic mass is 35.5. The average Bonchev–Trinajstić information content (AvgIpc) is 2.82. The second-order valence-corrected chi connectivity index (χ2v) is 5.26. The number of nitrogens with zero attached hydrogens (tertiary/aromatic N) is 2. The summed E-state index contributed by atoms with van der Waals surface area (Å²) in [6.45, 7) is 3.80. The molecule has 0 aliphatic rings. The maximum Gasteiger partial charge on any atom is 0.270 e. The smallest absolute Gasteiger partial charge is 0.270 e. The highest BCUT2D eigenvalue weighted by molar-refractivity contribution is 7.09. The van der Waals surface area contributed by atoms with Crippen LogP contribution in [0.5, 0.6) is 0 Å². The van der Waals surface area contributed by atoms with E-state index in [0.717, 1.165) is 5.01 Å². The van der Waals surface area contributed by atoms with Crippen molar-refractivity contribution in [3.8, 4) is 0 Å². The van der Waals surface area contributed by atoms with Crippen LogP contribution in [0.2, 0.25) is 0 Å². The number of hydrogen-bond acceptors (Lipinski definition) is 5. The summed E-state index contributed by atoms with van der Waals surface area (Å²) in [4.78, 5) is 20.3. The first-order chi connectivity index (χ1) is 8.49. The highest BCUT2D eigenvalue weighted by Gasteiger charge is 2.26. The Hall–Kier alpha value is -1.37. The number of anilines is 1. The summed E-state index contributed by atoms with van der Waals surface area (Å²) in [5.41, 5.74) is 5.33. The Morgan fingerprint density at radius 2 is 2.05 bits per heavy atom. The van der Waals surface area contributed by atoms with E-state index in [4.69, 9.17) is 5.73 Å². The molecule has 0 aliphatic heterocycles. The number of nitrogens with two attached hydrogens (primary N) is 1. The fourth-order valence-corrected chi connectivity index (χ4v) is 2.23. The first-order valence-corrected chi connectivity index (χ1v) is 6.32. The SMILES string of the molecule is CC(C)(NC(=O)c1cccc(N)n1)c1nccs1.Cl.Cl. The summed E-state index contributed by atoms with van der Waals surface area (Å²) in [7, 11) is 0. The molecule has 1 amide bonds. The van der Waals surface area contributed by atoms with E-state index in [0.29, 0.717) is 11.5 Å². The normalized spacial score (nSPS) is 10.1. The van der Waals surface area contributed by atoms with Gasteiger partial charge in [-0.25, -0.2) is 9.97 Å². The Morgan fingerprint density at radius 1 is 1.35 bits per heavy atom. The molecule has 0 aliphatic carbocycles. The summed E-state index contributed by atoms with van der Waals surface area (Å²) >= 11 is 1.50. The van der Waals surface area contributed by atoms with Crippen LogP contribution in [-0.4, -0.2) is 15.9 Å². The van der Waals surface area contributed by atoms with Gasteiger partial charge in [0.05, 0.1) is 5.54 Å². The topological polar surface area (TPSA) is 80.9 Å². The van der Waals surface area contributed by atoms with Crippen molar-refractivity contribution in [3.05, 3.63) is 40.5 Å². The molecule has 2 heterocycles. The second kappa shape index (κ2) is 7.42. The molecular formula is C12H16Cl2N4OS. The van der Waals surface area contributed by atoms with Gasteiger partial charge in [-0.15, -0.1) is 36.2 Å². The number of amides is 1. The lowest BCUT2D eigenvalue weighted by atomic mass is 10.1. The third-order valence-corrected chi connectivity index (χ3v) is 3.49. The van der Waals surface area contributed by atoms with Gasteiger partial charge in [0.1, 0.15) is 16.5 Å².